The molecule has 5 heteroatoms. The molecule has 0 fully saturated rings. The minimum absolute atomic E-state index is 0.130. The van der Waals surface area contributed by atoms with Gasteiger partial charge in [0, 0.05) is 29.9 Å². The number of non-ortho nitro benzene ring substituents is 1. The van der Waals surface area contributed by atoms with E-state index in [0.717, 1.165) is 16.2 Å². The summed E-state index contributed by atoms with van der Waals surface area (Å²) in [5.74, 6) is 0.846. The van der Waals surface area contributed by atoms with E-state index in [1.54, 1.807) is 31.0 Å². The summed E-state index contributed by atoms with van der Waals surface area (Å²) in [6, 6.07) is 15.2. The van der Waals surface area contributed by atoms with Crippen molar-refractivity contribution in [2.75, 3.05) is 13.7 Å². The zero-order chi connectivity index (χ0) is 15.1. The van der Waals surface area contributed by atoms with Gasteiger partial charge in [0.1, 0.15) is 0 Å². The van der Waals surface area contributed by atoms with Crippen LogP contribution in [-0.2, 0) is 16.9 Å². The molecule has 21 heavy (non-hydrogen) atoms. The zero-order valence-electron chi connectivity index (χ0n) is 11.8. The molecular weight excluding hydrogens is 286 g/mol. The van der Waals surface area contributed by atoms with Crippen LogP contribution in [0.5, 0.6) is 0 Å². The van der Waals surface area contributed by atoms with Crippen molar-refractivity contribution in [3.63, 3.8) is 0 Å². The maximum Gasteiger partial charge on any atom is 0.269 e. The molecule has 0 atom stereocenters. The molecular formula is C16H17NO3S. The highest BCUT2D eigenvalue weighted by atomic mass is 32.2. The molecule has 2 aromatic carbocycles. The normalized spacial score (nSPS) is 10.5. The highest BCUT2D eigenvalue weighted by molar-refractivity contribution is 7.98. The lowest BCUT2D eigenvalue weighted by molar-refractivity contribution is -0.385. The summed E-state index contributed by atoms with van der Waals surface area (Å²) in [6.45, 7) is 0.556. The first-order valence-electron chi connectivity index (χ1n) is 6.63. The van der Waals surface area contributed by atoms with Crippen molar-refractivity contribution in [2.24, 2.45) is 0 Å². The molecule has 110 valence electrons. The number of nitro groups is 1. The summed E-state index contributed by atoms with van der Waals surface area (Å²) in [7, 11) is 1.63. The Kier molecular flexibility index (Phi) is 5.78. The fourth-order valence-electron chi connectivity index (χ4n) is 1.96. The Bertz CT molecular complexity index is 602. The van der Waals surface area contributed by atoms with Gasteiger partial charge in [-0.15, -0.1) is 11.8 Å². The SMILES string of the molecule is COCCc1cc([N+](=O)[O-])ccc1SCc1ccccc1. The topological polar surface area (TPSA) is 52.4 Å². The number of nitrogens with zero attached hydrogens (tertiary/aromatic N) is 1. The number of rotatable bonds is 7. The summed E-state index contributed by atoms with van der Waals surface area (Å²) in [5, 5.41) is 10.9. The lowest BCUT2D eigenvalue weighted by Crippen LogP contribution is -1.98. The van der Waals surface area contributed by atoms with E-state index in [2.05, 4.69) is 12.1 Å². The van der Waals surface area contributed by atoms with Gasteiger partial charge in [-0.25, -0.2) is 0 Å². The molecule has 0 amide bonds. The van der Waals surface area contributed by atoms with Crippen LogP contribution < -0.4 is 0 Å². The largest absolute Gasteiger partial charge is 0.384 e. The van der Waals surface area contributed by atoms with Crippen LogP contribution >= 0.6 is 11.8 Å². The summed E-state index contributed by atoms with van der Waals surface area (Å²) in [6.07, 6.45) is 0.676. The fraction of sp³-hybridized carbons (Fsp3) is 0.250. The molecule has 0 bridgehead atoms. The quantitative estimate of drug-likeness (QED) is 0.439. The molecule has 0 aliphatic heterocycles. The lowest BCUT2D eigenvalue weighted by Gasteiger charge is -2.09. The van der Waals surface area contributed by atoms with Crippen LogP contribution in [0.25, 0.3) is 0 Å². The Hall–Kier alpha value is -1.85. The van der Waals surface area contributed by atoms with Crippen LogP contribution in [0, 0.1) is 10.1 Å². The summed E-state index contributed by atoms with van der Waals surface area (Å²) in [5.41, 5.74) is 2.33. The molecule has 0 saturated carbocycles. The van der Waals surface area contributed by atoms with Gasteiger partial charge in [0.2, 0.25) is 0 Å². The molecule has 0 saturated heterocycles. The van der Waals surface area contributed by atoms with E-state index < -0.39 is 0 Å². The number of methoxy groups -OCH3 is 1. The van der Waals surface area contributed by atoms with Crippen LogP contribution in [0.3, 0.4) is 0 Å². The molecule has 0 aromatic heterocycles. The third kappa shape index (κ3) is 4.58. The van der Waals surface area contributed by atoms with Crippen molar-refractivity contribution >= 4 is 17.4 Å². The second-order valence-electron chi connectivity index (χ2n) is 4.57. The van der Waals surface area contributed by atoms with Crippen molar-refractivity contribution in [3.05, 3.63) is 69.8 Å². The van der Waals surface area contributed by atoms with Crippen molar-refractivity contribution < 1.29 is 9.66 Å². The van der Waals surface area contributed by atoms with Crippen molar-refractivity contribution in [1.82, 2.24) is 0 Å². The van der Waals surface area contributed by atoms with E-state index in [9.17, 15) is 10.1 Å². The van der Waals surface area contributed by atoms with Crippen molar-refractivity contribution in [1.29, 1.82) is 0 Å². The average molecular weight is 303 g/mol. The monoisotopic (exact) mass is 303 g/mol. The minimum atomic E-state index is -0.359. The van der Waals surface area contributed by atoms with Crippen molar-refractivity contribution in [3.8, 4) is 0 Å². The molecule has 0 aliphatic rings. The molecule has 2 aromatic rings. The van der Waals surface area contributed by atoms with E-state index in [-0.39, 0.29) is 10.6 Å². The number of thioether (sulfide) groups is 1. The Morgan fingerprint density at radius 2 is 1.95 bits per heavy atom. The van der Waals surface area contributed by atoms with E-state index in [4.69, 9.17) is 4.74 Å². The zero-order valence-corrected chi connectivity index (χ0v) is 12.6. The standard InChI is InChI=1S/C16H17NO3S/c1-20-10-9-14-11-15(17(18)19)7-8-16(14)21-12-13-5-3-2-4-6-13/h2-8,11H,9-10,12H2,1H3. The number of nitro benzene ring substituents is 1. The van der Waals surface area contributed by atoms with E-state index in [1.165, 1.54) is 5.56 Å². The Balaban J connectivity index is 2.14. The van der Waals surface area contributed by atoms with E-state index in [0.29, 0.717) is 13.0 Å². The van der Waals surface area contributed by atoms with Gasteiger partial charge in [-0.05, 0) is 23.6 Å². The number of benzene rings is 2. The number of ether oxygens (including phenoxy) is 1. The first-order valence-corrected chi connectivity index (χ1v) is 7.62. The van der Waals surface area contributed by atoms with Gasteiger partial charge in [-0.3, -0.25) is 10.1 Å². The van der Waals surface area contributed by atoms with Gasteiger partial charge in [0.15, 0.2) is 0 Å². The molecule has 0 spiro atoms. The number of hydrogen-bond donors (Lipinski definition) is 0. The third-order valence-electron chi connectivity index (χ3n) is 3.07. The van der Waals surface area contributed by atoms with E-state index in [1.807, 2.05) is 24.3 Å². The molecule has 0 radical (unpaired) electrons. The third-order valence-corrected chi connectivity index (χ3v) is 4.25. The van der Waals surface area contributed by atoms with Gasteiger partial charge in [0.05, 0.1) is 11.5 Å². The van der Waals surface area contributed by atoms with Crippen LogP contribution in [0.15, 0.2) is 53.4 Å². The highest BCUT2D eigenvalue weighted by Gasteiger charge is 2.11. The van der Waals surface area contributed by atoms with Crippen LogP contribution in [0.4, 0.5) is 5.69 Å². The predicted molar refractivity (Wildman–Crippen MR) is 84.7 cm³/mol. The van der Waals surface area contributed by atoms with E-state index >= 15 is 0 Å². The molecule has 0 aliphatic carbocycles. The second-order valence-corrected chi connectivity index (χ2v) is 5.58. The average Bonchev–Trinajstić information content (AvgIpc) is 2.52. The second kappa shape index (κ2) is 7.81. The van der Waals surface area contributed by atoms with Gasteiger partial charge in [-0.2, -0.15) is 0 Å². The van der Waals surface area contributed by atoms with Gasteiger partial charge < -0.3 is 4.74 Å². The van der Waals surface area contributed by atoms with Gasteiger partial charge >= 0.3 is 0 Å². The minimum Gasteiger partial charge on any atom is -0.384 e. The van der Waals surface area contributed by atoms with Crippen LogP contribution in [0.2, 0.25) is 0 Å². The molecule has 0 heterocycles. The maximum absolute atomic E-state index is 10.9. The first kappa shape index (κ1) is 15.5. The van der Waals surface area contributed by atoms with Gasteiger partial charge in [0.25, 0.3) is 5.69 Å². The Morgan fingerprint density at radius 3 is 2.62 bits per heavy atom. The molecule has 2 rings (SSSR count). The number of hydrogen-bond acceptors (Lipinski definition) is 4. The summed E-state index contributed by atoms with van der Waals surface area (Å²) in [4.78, 5) is 11.6. The summed E-state index contributed by atoms with van der Waals surface area (Å²) < 4.78 is 5.08. The highest BCUT2D eigenvalue weighted by Crippen LogP contribution is 2.29. The fourth-order valence-corrected chi connectivity index (χ4v) is 2.99. The van der Waals surface area contributed by atoms with Gasteiger partial charge in [-0.1, -0.05) is 30.3 Å². The molecule has 0 unspecified atom stereocenters. The lowest BCUT2D eigenvalue weighted by atomic mass is 10.1. The molecule has 4 nitrogen and oxygen atoms in total. The van der Waals surface area contributed by atoms with Crippen molar-refractivity contribution in [2.45, 2.75) is 17.1 Å². The maximum atomic E-state index is 10.9. The smallest absolute Gasteiger partial charge is 0.269 e. The Labute approximate surface area is 128 Å². The predicted octanol–water partition coefficient (Wildman–Crippen LogP) is 4.08. The Morgan fingerprint density at radius 1 is 1.19 bits per heavy atom. The molecule has 0 N–H and O–H groups in total. The van der Waals surface area contributed by atoms with Crippen LogP contribution in [-0.4, -0.2) is 18.6 Å². The first-order chi connectivity index (χ1) is 10.2. The summed E-state index contributed by atoms with van der Waals surface area (Å²) >= 11 is 1.69. The van der Waals surface area contributed by atoms with Crippen LogP contribution in [0.1, 0.15) is 11.1 Å².